The molecule has 1 aromatic heterocycles. The number of imidazole rings is 1. The highest BCUT2D eigenvalue weighted by Gasteiger charge is 2.18. The smallest absolute Gasteiger partial charge is 0.147 e. The lowest BCUT2D eigenvalue weighted by molar-refractivity contribution is 0.343. The van der Waals surface area contributed by atoms with Crippen LogP contribution in [0, 0.1) is 0 Å². The molecule has 0 saturated carbocycles. The lowest BCUT2D eigenvalue weighted by Gasteiger charge is -2.16. The summed E-state index contributed by atoms with van der Waals surface area (Å²) in [6, 6.07) is 6.02. The molecular formula is C15H21ClN2O2S. The van der Waals surface area contributed by atoms with Crippen LogP contribution < -0.4 is 4.74 Å². The molecule has 2 unspecified atom stereocenters. The van der Waals surface area contributed by atoms with Gasteiger partial charge in [-0.2, -0.15) is 0 Å². The van der Waals surface area contributed by atoms with Crippen molar-refractivity contribution in [3.05, 3.63) is 24.0 Å². The third kappa shape index (κ3) is 3.58. The van der Waals surface area contributed by atoms with Crippen LogP contribution in [0.25, 0.3) is 11.0 Å². The first-order valence-corrected chi connectivity index (χ1v) is 9.33. The third-order valence-corrected chi connectivity index (χ3v) is 4.43. The predicted molar refractivity (Wildman–Crippen MR) is 89.0 cm³/mol. The number of para-hydroxylation sites is 1. The van der Waals surface area contributed by atoms with Gasteiger partial charge in [-0.25, -0.2) is 4.98 Å². The summed E-state index contributed by atoms with van der Waals surface area (Å²) in [5, 5.41) is 0. The number of hydrogen-bond acceptors (Lipinski definition) is 3. The van der Waals surface area contributed by atoms with Crippen LogP contribution in [0.4, 0.5) is 0 Å². The van der Waals surface area contributed by atoms with Crippen LogP contribution in [0.3, 0.4) is 0 Å². The summed E-state index contributed by atoms with van der Waals surface area (Å²) in [6.45, 7) is 4.62. The van der Waals surface area contributed by atoms with E-state index in [-0.39, 0.29) is 6.04 Å². The minimum Gasteiger partial charge on any atom is -0.492 e. The molecule has 2 aromatic rings. The Kier molecular flexibility index (Phi) is 5.65. The number of ether oxygens (including phenoxy) is 1. The van der Waals surface area contributed by atoms with Crippen molar-refractivity contribution in [2.24, 2.45) is 0 Å². The SMILES string of the molecule is CCOc1cccc2c1nc(CCCl)n2C(C)CS(C)=O. The topological polar surface area (TPSA) is 44.1 Å². The van der Waals surface area contributed by atoms with Gasteiger partial charge in [0.1, 0.15) is 17.1 Å². The molecule has 4 nitrogen and oxygen atoms in total. The first-order chi connectivity index (χ1) is 10.1. The molecule has 0 aliphatic carbocycles. The van der Waals surface area contributed by atoms with Crippen LogP contribution in [-0.4, -0.2) is 38.3 Å². The summed E-state index contributed by atoms with van der Waals surface area (Å²) < 4.78 is 19.3. The number of nitrogens with zero attached hydrogens (tertiary/aromatic N) is 2. The van der Waals surface area contributed by atoms with E-state index in [1.54, 1.807) is 6.26 Å². The summed E-state index contributed by atoms with van der Waals surface area (Å²) in [7, 11) is -0.857. The van der Waals surface area contributed by atoms with Crippen molar-refractivity contribution >= 4 is 33.4 Å². The second-order valence-corrected chi connectivity index (χ2v) is 6.84. The monoisotopic (exact) mass is 328 g/mol. The molecule has 21 heavy (non-hydrogen) atoms. The average molecular weight is 329 g/mol. The van der Waals surface area contributed by atoms with Gasteiger partial charge in [-0.1, -0.05) is 6.07 Å². The molecule has 0 amide bonds. The van der Waals surface area contributed by atoms with Gasteiger partial charge in [0.25, 0.3) is 0 Å². The van der Waals surface area contributed by atoms with Crippen LogP contribution in [0.2, 0.25) is 0 Å². The number of rotatable bonds is 7. The Balaban J connectivity index is 2.57. The van der Waals surface area contributed by atoms with Gasteiger partial charge < -0.3 is 9.30 Å². The molecule has 0 spiro atoms. The number of aromatic nitrogens is 2. The first-order valence-electron chi connectivity index (χ1n) is 7.07. The summed E-state index contributed by atoms with van der Waals surface area (Å²) in [5.74, 6) is 2.81. The molecule has 0 saturated heterocycles. The second kappa shape index (κ2) is 7.27. The van der Waals surface area contributed by atoms with Crippen molar-refractivity contribution in [2.75, 3.05) is 24.5 Å². The molecule has 0 fully saturated rings. The Morgan fingerprint density at radius 2 is 2.24 bits per heavy atom. The van der Waals surface area contributed by atoms with E-state index in [0.29, 0.717) is 24.7 Å². The fraction of sp³-hybridized carbons (Fsp3) is 0.533. The number of alkyl halides is 1. The fourth-order valence-electron chi connectivity index (χ4n) is 2.58. The highest BCUT2D eigenvalue weighted by atomic mass is 35.5. The normalized spacial score (nSPS) is 14.3. The molecule has 2 atom stereocenters. The van der Waals surface area contributed by atoms with Gasteiger partial charge in [-0.05, 0) is 26.0 Å². The zero-order valence-corrected chi connectivity index (χ0v) is 14.2. The van der Waals surface area contributed by atoms with Gasteiger partial charge in [0, 0.05) is 41.2 Å². The van der Waals surface area contributed by atoms with E-state index < -0.39 is 10.8 Å². The average Bonchev–Trinajstić information content (AvgIpc) is 2.78. The summed E-state index contributed by atoms with van der Waals surface area (Å²) >= 11 is 5.90. The molecular weight excluding hydrogens is 308 g/mol. The number of hydrogen-bond donors (Lipinski definition) is 0. The molecule has 0 bridgehead atoms. The lowest BCUT2D eigenvalue weighted by Crippen LogP contribution is -2.15. The maximum atomic E-state index is 11.6. The second-order valence-electron chi connectivity index (χ2n) is 4.98. The van der Waals surface area contributed by atoms with E-state index in [9.17, 15) is 4.21 Å². The van der Waals surface area contributed by atoms with Crippen LogP contribution in [0.15, 0.2) is 18.2 Å². The van der Waals surface area contributed by atoms with Crippen molar-refractivity contribution < 1.29 is 8.95 Å². The van der Waals surface area contributed by atoms with Crippen molar-refractivity contribution in [3.63, 3.8) is 0 Å². The lowest BCUT2D eigenvalue weighted by atomic mass is 10.2. The third-order valence-electron chi connectivity index (χ3n) is 3.29. The molecule has 0 radical (unpaired) electrons. The molecule has 1 heterocycles. The molecule has 6 heteroatoms. The van der Waals surface area contributed by atoms with Crippen molar-refractivity contribution in [1.82, 2.24) is 9.55 Å². The number of fused-ring (bicyclic) bond motifs is 1. The zero-order valence-electron chi connectivity index (χ0n) is 12.6. The minimum absolute atomic E-state index is 0.107. The minimum atomic E-state index is -0.857. The number of halogens is 1. The van der Waals surface area contributed by atoms with Crippen LogP contribution in [-0.2, 0) is 17.2 Å². The maximum absolute atomic E-state index is 11.6. The summed E-state index contributed by atoms with van der Waals surface area (Å²) in [4.78, 5) is 4.70. The van der Waals surface area contributed by atoms with Crippen molar-refractivity contribution in [1.29, 1.82) is 0 Å². The Labute approximate surface area is 132 Å². The van der Waals surface area contributed by atoms with E-state index >= 15 is 0 Å². The van der Waals surface area contributed by atoms with Gasteiger partial charge in [0.15, 0.2) is 0 Å². The van der Waals surface area contributed by atoms with Crippen LogP contribution in [0.1, 0.15) is 25.7 Å². The highest BCUT2D eigenvalue weighted by Crippen LogP contribution is 2.29. The van der Waals surface area contributed by atoms with Crippen molar-refractivity contribution in [2.45, 2.75) is 26.3 Å². The molecule has 1 aromatic carbocycles. The van der Waals surface area contributed by atoms with Gasteiger partial charge >= 0.3 is 0 Å². The number of benzene rings is 1. The fourth-order valence-corrected chi connectivity index (χ4v) is 3.58. The Morgan fingerprint density at radius 3 is 2.86 bits per heavy atom. The van der Waals surface area contributed by atoms with Gasteiger partial charge in [-0.3, -0.25) is 4.21 Å². The molecule has 116 valence electrons. The largest absolute Gasteiger partial charge is 0.492 e. The van der Waals surface area contributed by atoms with Gasteiger partial charge in [-0.15, -0.1) is 11.6 Å². The van der Waals surface area contributed by atoms with Gasteiger partial charge in [0.05, 0.1) is 12.1 Å². The zero-order chi connectivity index (χ0) is 15.4. The van der Waals surface area contributed by atoms with Gasteiger partial charge in [0.2, 0.25) is 0 Å². The van der Waals surface area contributed by atoms with Crippen molar-refractivity contribution in [3.8, 4) is 5.75 Å². The van der Waals surface area contributed by atoms with E-state index in [4.69, 9.17) is 21.3 Å². The molecule has 0 aliphatic rings. The predicted octanol–water partition coefficient (Wildman–Crippen LogP) is 3.16. The van der Waals surface area contributed by atoms with E-state index in [0.717, 1.165) is 22.6 Å². The molecule has 2 rings (SSSR count). The summed E-state index contributed by atoms with van der Waals surface area (Å²) in [5.41, 5.74) is 1.87. The van der Waals surface area contributed by atoms with E-state index in [2.05, 4.69) is 11.5 Å². The maximum Gasteiger partial charge on any atom is 0.147 e. The Morgan fingerprint density at radius 1 is 1.48 bits per heavy atom. The Hall–Kier alpha value is -1.07. The Bertz CT molecular complexity index is 642. The molecule has 0 N–H and O–H groups in total. The number of aryl methyl sites for hydroxylation is 1. The standard InChI is InChI=1S/C15H21ClN2O2S/c1-4-20-13-7-5-6-12-15(13)17-14(8-9-16)18(12)11(2)10-21(3)19/h5-7,11H,4,8-10H2,1-3H3. The first kappa shape index (κ1) is 16.3. The van der Waals surface area contributed by atoms with E-state index in [1.165, 1.54) is 0 Å². The molecule has 0 aliphatic heterocycles. The van der Waals surface area contributed by atoms with Crippen LogP contribution in [0.5, 0.6) is 5.75 Å². The van der Waals surface area contributed by atoms with E-state index in [1.807, 2.05) is 25.1 Å². The quantitative estimate of drug-likeness (QED) is 0.733. The highest BCUT2D eigenvalue weighted by molar-refractivity contribution is 7.84. The summed E-state index contributed by atoms with van der Waals surface area (Å²) in [6.07, 6.45) is 2.41. The van der Waals surface area contributed by atoms with Crippen LogP contribution >= 0.6 is 11.6 Å².